The van der Waals surface area contributed by atoms with Crippen molar-refractivity contribution in [3.05, 3.63) is 0 Å². The standard InChI is InChI=1S/C8H14O8S/c1-13-7(9)15-3-5-17(11,12)6-4-16-8(10)14-2/h3-6H2,1-2H3. The molecule has 0 radical (unpaired) electrons. The molecule has 0 unspecified atom stereocenters. The number of hydrogen-bond acceptors (Lipinski definition) is 8. The molecule has 0 saturated heterocycles. The van der Waals surface area contributed by atoms with Gasteiger partial charge in [-0.3, -0.25) is 0 Å². The van der Waals surface area contributed by atoms with Gasteiger partial charge in [-0.2, -0.15) is 0 Å². The average Bonchev–Trinajstić information content (AvgIpc) is 2.27. The van der Waals surface area contributed by atoms with Crippen LogP contribution in [0.25, 0.3) is 0 Å². The highest BCUT2D eigenvalue weighted by molar-refractivity contribution is 7.91. The summed E-state index contributed by atoms with van der Waals surface area (Å²) in [4.78, 5) is 21.0. The second kappa shape index (κ2) is 7.71. The van der Waals surface area contributed by atoms with E-state index in [1.54, 1.807) is 0 Å². The predicted octanol–water partition coefficient (Wildman–Crippen LogP) is -0.0328. The van der Waals surface area contributed by atoms with Crippen molar-refractivity contribution in [1.82, 2.24) is 0 Å². The summed E-state index contributed by atoms with van der Waals surface area (Å²) in [6.07, 6.45) is -1.91. The predicted molar refractivity (Wildman–Crippen MR) is 55.4 cm³/mol. The van der Waals surface area contributed by atoms with Crippen molar-refractivity contribution in [2.24, 2.45) is 0 Å². The molecule has 0 aliphatic carbocycles. The molecule has 0 heterocycles. The Labute approximate surface area is 98.7 Å². The first kappa shape index (κ1) is 15.5. The van der Waals surface area contributed by atoms with Gasteiger partial charge in [0.1, 0.15) is 13.2 Å². The Hall–Kier alpha value is -1.51. The number of rotatable bonds is 6. The largest absolute Gasteiger partial charge is 0.508 e. The van der Waals surface area contributed by atoms with Gasteiger partial charge in [-0.25, -0.2) is 18.0 Å². The van der Waals surface area contributed by atoms with E-state index in [1.165, 1.54) is 0 Å². The van der Waals surface area contributed by atoms with Crippen LogP contribution >= 0.6 is 0 Å². The third-order valence-electron chi connectivity index (χ3n) is 1.56. The van der Waals surface area contributed by atoms with Crippen LogP contribution in [0.15, 0.2) is 0 Å². The van der Waals surface area contributed by atoms with Crippen molar-refractivity contribution in [1.29, 1.82) is 0 Å². The molecule has 100 valence electrons. The van der Waals surface area contributed by atoms with Crippen LogP contribution in [0.3, 0.4) is 0 Å². The zero-order valence-electron chi connectivity index (χ0n) is 9.50. The van der Waals surface area contributed by atoms with Crippen LogP contribution in [0.5, 0.6) is 0 Å². The minimum absolute atomic E-state index is 0.312. The number of sulfone groups is 1. The lowest BCUT2D eigenvalue weighted by atomic mass is 10.8. The Morgan fingerprint density at radius 3 is 1.53 bits per heavy atom. The van der Waals surface area contributed by atoms with Gasteiger partial charge in [-0.05, 0) is 0 Å². The maximum absolute atomic E-state index is 11.3. The number of methoxy groups -OCH3 is 2. The summed E-state index contributed by atoms with van der Waals surface area (Å²) in [5.41, 5.74) is 0. The summed E-state index contributed by atoms with van der Waals surface area (Å²) < 4.78 is 39.7. The first-order valence-electron chi connectivity index (χ1n) is 4.53. The fourth-order valence-electron chi connectivity index (χ4n) is 0.724. The van der Waals surface area contributed by atoms with Crippen LogP contribution in [0.1, 0.15) is 0 Å². The molecule has 8 nitrogen and oxygen atoms in total. The van der Waals surface area contributed by atoms with Gasteiger partial charge in [0.2, 0.25) is 0 Å². The lowest BCUT2D eigenvalue weighted by molar-refractivity contribution is 0.0774. The van der Waals surface area contributed by atoms with E-state index in [0.29, 0.717) is 0 Å². The zero-order valence-corrected chi connectivity index (χ0v) is 10.3. The van der Waals surface area contributed by atoms with Crippen LogP contribution in [0, 0.1) is 0 Å². The molecule has 0 atom stereocenters. The molecule has 0 amide bonds. The van der Waals surface area contributed by atoms with Gasteiger partial charge >= 0.3 is 12.3 Å². The summed E-state index contributed by atoms with van der Waals surface area (Å²) in [5, 5.41) is 0. The first-order chi connectivity index (χ1) is 7.91. The van der Waals surface area contributed by atoms with E-state index in [9.17, 15) is 18.0 Å². The zero-order chi connectivity index (χ0) is 13.3. The SMILES string of the molecule is COC(=O)OCCS(=O)(=O)CCOC(=O)OC. The minimum atomic E-state index is -3.45. The number of carbonyl (C=O) groups is 2. The molecule has 17 heavy (non-hydrogen) atoms. The van der Waals surface area contributed by atoms with Crippen LogP contribution in [0.2, 0.25) is 0 Å². The van der Waals surface area contributed by atoms with Crippen LogP contribution < -0.4 is 0 Å². The molecular weight excluding hydrogens is 256 g/mol. The van der Waals surface area contributed by atoms with E-state index in [-0.39, 0.29) is 24.7 Å². The van der Waals surface area contributed by atoms with Gasteiger partial charge < -0.3 is 18.9 Å². The summed E-state index contributed by atoms with van der Waals surface area (Å²) in [7, 11) is -1.23. The van der Waals surface area contributed by atoms with Gasteiger partial charge in [0.25, 0.3) is 0 Å². The first-order valence-corrected chi connectivity index (χ1v) is 6.35. The Morgan fingerprint density at radius 1 is 0.882 bits per heavy atom. The molecule has 0 rings (SSSR count). The summed E-state index contributed by atoms with van der Waals surface area (Å²) in [5.74, 6) is -0.737. The Balaban J connectivity index is 3.81. The minimum Gasteiger partial charge on any atom is -0.438 e. The highest BCUT2D eigenvalue weighted by atomic mass is 32.2. The molecule has 0 fully saturated rings. The quantitative estimate of drug-likeness (QED) is 0.619. The van der Waals surface area contributed by atoms with Crippen LogP contribution in [-0.4, -0.2) is 59.7 Å². The molecule has 0 aliphatic rings. The summed E-state index contributed by atoms with van der Waals surface area (Å²) in [6.45, 7) is -0.625. The van der Waals surface area contributed by atoms with Crippen molar-refractivity contribution in [3.63, 3.8) is 0 Å². The summed E-state index contributed by atoms with van der Waals surface area (Å²) >= 11 is 0. The lowest BCUT2D eigenvalue weighted by Gasteiger charge is -2.05. The van der Waals surface area contributed by atoms with Crippen LogP contribution in [-0.2, 0) is 28.8 Å². The molecule has 0 saturated carbocycles. The fourth-order valence-corrected chi connectivity index (χ4v) is 1.60. The molecule has 0 N–H and O–H groups in total. The van der Waals surface area contributed by atoms with Crippen molar-refractivity contribution < 1.29 is 37.0 Å². The van der Waals surface area contributed by atoms with E-state index in [2.05, 4.69) is 18.9 Å². The second-order valence-corrected chi connectivity index (χ2v) is 5.06. The second-order valence-electron chi connectivity index (χ2n) is 2.76. The van der Waals surface area contributed by atoms with Crippen LogP contribution in [0.4, 0.5) is 9.59 Å². The van der Waals surface area contributed by atoms with Crippen molar-refractivity contribution >= 4 is 22.1 Å². The molecule has 9 heteroatoms. The highest BCUT2D eigenvalue weighted by Crippen LogP contribution is 1.94. The average molecular weight is 270 g/mol. The molecule has 0 aromatic heterocycles. The molecule has 0 aliphatic heterocycles. The van der Waals surface area contributed by atoms with Crippen molar-refractivity contribution in [2.45, 2.75) is 0 Å². The molecule has 0 aromatic carbocycles. The topological polar surface area (TPSA) is 105 Å². The van der Waals surface area contributed by atoms with Crippen molar-refractivity contribution in [2.75, 3.05) is 38.9 Å². The van der Waals surface area contributed by atoms with Crippen molar-refractivity contribution in [3.8, 4) is 0 Å². The fraction of sp³-hybridized carbons (Fsp3) is 0.750. The maximum Gasteiger partial charge on any atom is 0.508 e. The van der Waals surface area contributed by atoms with Gasteiger partial charge in [0.15, 0.2) is 9.84 Å². The Kier molecular flexibility index (Phi) is 7.03. The van der Waals surface area contributed by atoms with E-state index in [0.717, 1.165) is 14.2 Å². The smallest absolute Gasteiger partial charge is 0.438 e. The number of hydrogen-bond donors (Lipinski definition) is 0. The molecule has 0 spiro atoms. The molecule has 0 bridgehead atoms. The number of carbonyl (C=O) groups excluding carboxylic acids is 2. The Bertz CT molecular complexity index is 319. The third kappa shape index (κ3) is 8.31. The van der Waals surface area contributed by atoms with E-state index >= 15 is 0 Å². The summed E-state index contributed by atoms with van der Waals surface area (Å²) in [6, 6.07) is 0. The highest BCUT2D eigenvalue weighted by Gasteiger charge is 2.14. The van der Waals surface area contributed by atoms with Gasteiger partial charge in [0, 0.05) is 0 Å². The third-order valence-corrected chi connectivity index (χ3v) is 3.14. The number of ether oxygens (including phenoxy) is 4. The van der Waals surface area contributed by atoms with Gasteiger partial charge in [-0.15, -0.1) is 0 Å². The monoisotopic (exact) mass is 270 g/mol. The van der Waals surface area contributed by atoms with Gasteiger partial charge in [0.05, 0.1) is 25.7 Å². The maximum atomic E-state index is 11.3. The molecular formula is C8H14O8S. The van der Waals surface area contributed by atoms with E-state index in [4.69, 9.17) is 0 Å². The molecule has 0 aromatic rings. The normalized spacial score (nSPS) is 10.5. The lowest BCUT2D eigenvalue weighted by Crippen LogP contribution is -2.21. The van der Waals surface area contributed by atoms with E-state index in [1.807, 2.05) is 0 Å². The van der Waals surface area contributed by atoms with Gasteiger partial charge in [-0.1, -0.05) is 0 Å². The van der Waals surface area contributed by atoms with E-state index < -0.39 is 22.1 Å². The Morgan fingerprint density at radius 2 is 1.24 bits per heavy atom.